The molecule has 7 heteroatoms. The molecule has 1 saturated heterocycles. The standard InChI is InChI=1S/C26H31N5O2/c1-18-6-5-7-20(14-18)16-25(32)29-21-10-12-31(17-21)13-11-27-26(33)30-24-15-19(2)28-23-9-4-3-8-22(23)24/h3-9,14-15,21H,10-13,16-17H2,1-2H3,(H,29,32)(H2,27,28,30,33). The molecule has 33 heavy (non-hydrogen) atoms. The third kappa shape index (κ3) is 6.29. The first-order chi connectivity index (χ1) is 16.0. The first-order valence-electron chi connectivity index (χ1n) is 11.4. The van der Waals surface area contributed by atoms with E-state index in [0.717, 1.165) is 59.5 Å². The maximum absolute atomic E-state index is 12.4. The molecule has 1 aliphatic rings. The number of pyridine rings is 1. The Morgan fingerprint density at radius 1 is 1.09 bits per heavy atom. The number of para-hydroxylation sites is 1. The van der Waals surface area contributed by atoms with Gasteiger partial charge in [0, 0.05) is 43.3 Å². The smallest absolute Gasteiger partial charge is 0.319 e. The van der Waals surface area contributed by atoms with Crippen LogP contribution < -0.4 is 16.0 Å². The Hall–Kier alpha value is -3.45. The number of likely N-dealkylation sites (tertiary alicyclic amines) is 1. The second kappa shape index (κ2) is 10.4. The fourth-order valence-electron chi connectivity index (χ4n) is 4.35. The second-order valence-corrected chi connectivity index (χ2v) is 8.73. The second-order valence-electron chi connectivity index (χ2n) is 8.73. The first kappa shape index (κ1) is 22.7. The van der Waals surface area contributed by atoms with Crippen molar-refractivity contribution in [2.45, 2.75) is 32.7 Å². The average Bonchev–Trinajstić information content (AvgIpc) is 3.20. The number of carbonyl (C=O) groups is 2. The van der Waals surface area contributed by atoms with Crippen molar-refractivity contribution in [3.8, 4) is 0 Å². The zero-order valence-electron chi connectivity index (χ0n) is 19.2. The lowest BCUT2D eigenvalue weighted by molar-refractivity contribution is -0.121. The van der Waals surface area contributed by atoms with Crippen LogP contribution in [0.15, 0.2) is 54.6 Å². The fraction of sp³-hybridized carbons (Fsp3) is 0.346. The maximum atomic E-state index is 12.4. The molecule has 1 unspecified atom stereocenters. The molecule has 7 nitrogen and oxygen atoms in total. The predicted molar refractivity (Wildman–Crippen MR) is 131 cm³/mol. The molecule has 1 aliphatic heterocycles. The van der Waals surface area contributed by atoms with E-state index in [0.29, 0.717) is 13.0 Å². The van der Waals surface area contributed by atoms with Crippen molar-refractivity contribution in [3.05, 3.63) is 71.4 Å². The van der Waals surface area contributed by atoms with Crippen LogP contribution in [0, 0.1) is 13.8 Å². The number of nitrogens with zero attached hydrogens (tertiary/aromatic N) is 2. The highest BCUT2D eigenvalue weighted by Gasteiger charge is 2.23. The van der Waals surface area contributed by atoms with E-state index in [9.17, 15) is 9.59 Å². The first-order valence-corrected chi connectivity index (χ1v) is 11.4. The monoisotopic (exact) mass is 445 g/mol. The molecule has 1 atom stereocenters. The number of aromatic nitrogens is 1. The Kier molecular flexibility index (Phi) is 7.19. The lowest BCUT2D eigenvalue weighted by Gasteiger charge is -2.17. The van der Waals surface area contributed by atoms with Crippen molar-refractivity contribution in [2.24, 2.45) is 0 Å². The van der Waals surface area contributed by atoms with Crippen molar-refractivity contribution in [1.82, 2.24) is 20.5 Å². The molecule has 2 heterocycles. The molecular weight excluding hydrogens is 414 g/mol. The van der Waals surface area contributed by atoms with Gasteiger partial charge in [0.25, 0.3) is 0 Å². The highest BCUT2D eigenvalue weighted by atomic mass is 16.2. The van der Waals surface area contributed by atoms with Gasteiger partial charge in [0.15, 0.2) is 0 Å². The number of amides is 3. The number of urea groups is 1. The van der Waals surface area contributed by atoms with E-state index in [1.165, 1.54) is 0 Å². The number of benzene rings is 2. The number of hydrogen-bond donors (Lipinski definition) is 3. The Labute approximate surface area is 194 Å². The van der Waals surface area contributed by atoms with E-state index in [2.05, 4.69) is 25.8 Å². The SMILES string of the molecule is Cc1cccc(CC(=O)NC2CCN(CCNC(=O)Nc3cc(C)nc4ccccc34)C2)c1. The van der Waals surface area contributed by atoms with Gasteiger partial charge in [-0.1, -0.05) is 48.0 Å². The maximum Gasteiger partial charge on any atom is 0.319 e. The van der Waals surface area contributed by atoms with E-state index in [4.69, 9.17) is 0 Å². The van der Waals surface area contributed by atoms with Crippen LogP contribution in [0.5, 0.6) is 0 Å². The molecule has 1 fully saturated rings. The number of hydrogen-bond acceptors (Lipinski definition) is 4. The fourth-order valence-corrected chi connectivity index (χ4v) is 4.35. The molecule has 3 amide bonds. The number of aryl methyl sites for hydroxylation is 2. The van der Waals surface area contributed by atoms with Gasteiger partial charge in [0.05, 0.1) is 17.6 Å². The summed E-state index contributed by atoms with van der Waals surface area (Å²) in [7, 11) is 0. The van der Waals surface area contributed by atoms with E-state index in [-0.39, 0.29) is 18.0 Å². The largest absolute Gasteiger partial charge is 0.352 e. The highest BCUT2D eigenvalue weighted by Crippen LogP contribution is 2.22. The predicted octanol–water partition coefficient (Wildman–Crippen LogP) is 3.41. The van der Waals surface area contributed by atoms with Crippen molar-refractivity contribution in [1.29, 1.82) is 0 Å². The molecule has 0 bridgehead atoms. The van der Waals surface area contributed by atoms with Gasteiger partial charge in [0.2, 0.25) is 5.91 Å². The van der Waals surface area contributed by atoms with Crippen molar-refractivity contribution in [2.75, 3.05) is 31.5 Å². The molecular formula is C26H31N5O2. The summed E-state index contributed by atoms with van der Waals surface area (Å²) >= 11 is 0. The quantitative estimate of drug-likeness (QED) is 0.520. The number of rotatable bonds is 7. The van der Waals surface area contributed by atoms with Gasteiger partial charge in [0.1, 0.15) is 0 Å². The van der Waals surface area contributed by atoms with Crippen molar-refractivity contribution >= 4 is 28.5 Å². The van der Waals surface area contributed by atoms with Crippen LogP contribution in [0.2, 0.25) is 0 Å². The lowest BCUT2D eigenvalue weighted by Crippen LogP contribution is -2.40. The van der Waals surface area contributed by atoms with Gasteiger partial charge in [-0.15, -0.1) is 0 Å². The number of carbonyl (C=O) groups excluding carboxylic acids is 2. The minimum Gasteiger partial charge on any atom is -0.352 e. The zero-order chi connectivity index (χ0) is 23.2. The van der Waals surface area contributed by atoms with Crippen LogP contribution in [0.4, 0.5) is 10.5 Å². The molecule has 2 aromatic carbocycles. The summed E-state index contributed by atoms with van der Waals surface area (Å²) < 4.78 is 0. The van der Waals surface area contributed by atoms with Gasteiger partial charge < -0.3 is 16.0 Å². The molecule has 4 rings (SSSR count). The summed E-state index contributed by atoms with van der Waals surface area (Å²) in [6, 6.07) is 17.6. The summed E-state index contributed by atoms with van der Waals surface area (Å²) in [5, 5.41) is 9.95. The Morgan fingerprint density at radius 3 is 2.79 bits per heavy atom. The van der Waals surface area contributed by atoms with Gasteiger partial charge in [-0.25, -0.2) is 4.79 Å². The van der Waals surface area contributed by atoms with Crippen LogP contribution in [-0.2, 0) is 11.2 Å². The van der Waals surface area contributed by atoms with Crippen LogP contribution in [-0.4, -0.2) is 54.0 Å². The normalized spacial score (nSPS) is 16.0. The van der Waals surface area contributed by atoms with Crippen LogP contribution >= 0.6 is 0 Å². The van der Waals surface area contributed by atoms with E-state index in [1.807, 2.05) is 68.4 Å². The Bertz CT molecular complexity index is 1150. The van der Waals surface area contributed by atoms with Gasteiger partial charge >= 0.3 is 6.03 Å². The van der Waals surface area contributed by atoms with Gasteiger partial charge in [-0.2, -0.15) is 0 Å². The zero-order valence-corrected chi connectivity index (χ0v) is 19.2. The summed E-state index contributed by atoms with van der Waals surface area (Å²) in [5.74, 6) is 0.0600. The molecule has 0 radical (unpaired) electrons. The van der Waals surface area contributed by atoms with Crippen molar-refractivity contribution < 1.29 is 9.59 Å². The third-order valence-electron chi connectivity index (χ3n) is 5.89. The minimum absolute atomic E-state index is 0.0600. The number of nitrogens with one attached hydrogen (secondary N) is 3. The van der Waals surface area contributed by atoms with Crippen LogP contribution in [0.1, 0.15) is 23.2 Å². The summed E-state index contributed by atoms with van der Waals surface area (Å²) in [6.07, 6.45) is 1.33. The minimum atomic E-state index is -0.229. The molecule has 172 valence electrons. The Morgan fingerprint density at radius 2 is 1.94 bits per heavy atom. The molecule has 1 aromatic heterocycles. The van der Waals surface area contributed by atoms with Crippen LogP contribution in [0.25, 0.3) is 10.9 Å². The molecule has 3 N–H and O–H groups in total. The third-order valence-corrected chi connectivity index (χ3v) is 5.89. The highest BCUT2D eigenvalue weighted by molar-refractivity contribution is 6.00. The lowest BCUT2D eigenvalue weighted by atomic mass is 10.1. The van der Waals surface area contributed by atoms with E-state index >= 15 is 0 Å². The van der Waals surface area contributed by atoms with E-state index < -0.39 is 0 Å². The van der Waals surface area contributed by atoms with E-state index in [1.54, 1.807) is 0 Å². The van der Waals surface area contributed by atoms with Gasteiger partial charge in [-0.05, 0) is 38.0 Å². The topological polar surface area (TPSA) is 86.4 Å². The Balaban J connectivity index is 1.19. The van der Waals surface area contributed by atoms with Crippen LogP contribution in [0.3, 0.4) is 0 Å². The summed E-state index contributed by atoms with van der Waals surface area (Å²) in [4.78, 5) is 31.6. The van der Waals surface area contributed by atoms with Gasteiger partial charge in [-0.3, -0.25) is 14.7 Å². The molecule has 0 aliphatic carbocycles. The van der Waals surface area contributed by atoms with Crippen molar-refractivity contribution in [3.63, 3.8) is 0 Å². The molecule has 3 aromatic rings. The number of anilines is 1. The number of fused-ring (bicyclic) bond motifs is 1. The summed E-state index contributed by atoms with van der Waals surface area (Å²) in [6.45, 7) is 6.94. The summed E-state index contributed by atoms with van der Waals surface area (Å²) in [5.41, 5.74) is 4.68. The molecule has 0 saturated carbocycles. The average molecular weight is 446 g/mol. The molecule has 0 spiro atoms.